The number of hydrogen-bond acceptors (Lipinski definition) is 2. The Morgan fingerprint density at radius 1 is 1.31 bits per heavy atom. The second-order valence-corrected chi connectivity index (χ2v) is 5.09. The van der Waals surface area contributed by atoms with Gasteiger partial charge in [0, 0.05) is 25.3 Å². The predicted octanol–water partition coefficient (Wildman–Crippen LogP) is 2.59. The van der Waals surface area contributed by atoms with Crippen LogP contribution in [-0.4, -0.2) is 19.6 Å². The van der Waals surface area contributed by atoms with Gasteiger partial charge in [0.25, 0.3) is 0 Å². The Morgan fingerprint density at radius 2 is 2.00 bits per heavy atom. The fourth-order valence-corrected chi connectivity index (χ4v) is 3.02. The number of likely N-dealkylation sites (N-methyl/N-ethyl adjacent to an activating group) is 1. The molecule has 1 aromatic carbocycles. The molecule has 0 saturated carbocycles. The van der Waals surface area contributed by atoms with E-state index in [9.17, 15) is 0 Å². The summed E-state index contributed by atoms with van der Waals surface area (Å²) in [6.45, 7) is 5.37. The summed E-state index contributed by atoms with van der Waals surface area (Å²) in [5, 5.41) is 0. The molecule has 88 valence electrons. The van der Waals surface area contributed by atoms with Gasteiger partial charge in [-0.3, -0.25) is 0 Å². The van der Waals surface area contributed by atoms with Crippen LogP contribution >= 0.6 is 0 Å². The van der Waals surface area contributed by atoms with E-state index < -0.39 is 0 Å². The Bertz CT molecular complexity index is 362. The minimum atomic E-state index is 0.464. The standard InChI is InChI=1S/C14H22N2/c1-10-8-11(2)14(9-15)16(3)13-7-5-4-6-12(10)13/h4-7,10-11,14H,8-9,15H2,1-3H3/t10?,11-,14-/m1/s1. The molecule has 0 aliphatic carbocycles. The number of benzene rings is 1. The van der Waals surface area contributed by atoms with Crippen LogP contribution in [0.4, 0.5) is 5.69 Å². The first kappa shape index (κ1) is 11.5. The topological polar surface area (TPSA) is 29.3 Å². The third-order valence-corrected chi connectivity index (χ3v) is 3.97. The van der Waals surface area contributed by atoms with E-state index in [-0.39, 0.29) is 0 Å². The van der Waals surface area contributed by atoms with Crippen LogP contribution in [0.2, 0.25) is 0 Å². The maximum atomic E-state index is 5.91. The van der Waals surface area contributed by atoms with Gasteiger partial charge in [0.1, 0.15) is 0 Å². The van der Waals surface area contributed by atoms with Crippen molar-refractivity contribution in [2.75, 3.05) is 18.5 Å². The van der Waals surface area contributed by atoms with Gasteiger partial charge in [-0.2, -0.15) is 0 Å². The van der Waals surface area contributed by atoms with Crippen LogP contribution in [-0.2, 0) is 0 Å². The monoisotopic (exact) mass is 218 g/mol. The van der Waals surface area contributed by atoms with Crippen LogP contribution in [0.1, 0.15) is 31.7 Å². The fourth-order valence-electron chi connectivity index (χ4n) is 3.02. The maximum Gasteiger partial charge on any atom is 0.0434 e. The van der Waals surface area contributed by atoms with Gasteiger partial charge in [-0.25, -0.2) is 0 Å². The highest BCUT2D eigenvalue weighted by molar-refractivity contribution is 5.56. The van der Waals surface area contributed by atoms with Gasteiger partial charge in [-0.15, -0.1) is 0 Å². The molecule has 2 nitrogen and oxygen atoms in total. The summed E-state index contributed by atoms with van der Waals surface area (Å²) in [5.41, 5.74) is 8.74. The smallest absolute Gasteiger partial charge is 0.0434 e. The minimum Gasteiger partial charge on any atom is -0.370 e. The molecule has 2 heteroatoms. The van der Waals surface area contributed by atoms with Gasteiger partial charge >= 0.3 is 0 Å². The van der Waals surface area contributed by atoms with Crippen molar-refractivity contribution < 1.29 is 0 Å². The molecular formula is C14H22N2. The zero-order chi connectivity index (χ0) is 11.7. The number of anilines is 1. The minimum absolute atomic E-state index is 0.464. The molecule has 16 heavy (non-hydrogen) atoms. The third kappa shape index (κ3) is 1.82. The van der Waals surface area contributed by atoms with Crippen molar-refractivity contribution in [2.24, 2.45) is 11.7 Å². The Balaban J connectivity index is 2.45. The summed E-state index contributed by atoms with van der Waals surface area (Å²) < 4.78 is 0. The van der Waals surface area contributed by atoms with Crippen LogP contribution in [0.25, 0.3) is 0 Å². The van der Waals surface area contributed by atoms with E-state index >= 15 is 0 Å². The SMILES string of the molecule is CC1C[C@@H](C)[C@@H](CN)N(C)c2ccccc21. The van der Waals surface area contributed by atoms with Crippen molar-refractivity contribution in [2.45, 2.75) is 32.2 Å². The van der Waals surface area contributed by atoms with Crippen LogP contribution < -0.4 is 10.6 Å². The van der Waals surface area contributed by atoms with E-state index in [4.69, 9.17) is 5.73 Å². The summed E-state index contributed by atoms with van der Waals surface area (Å²) in [6.07, 6.45) is 1.23. The van der Waals surface area contributed by atoms with Gasteiger partial charge in [-0.05, 0) is 29.9 Å². The lowest BCUT2D eigenvalue weighted by Gasteiger charge is -2.31. The zero-order valence-corrected chi connectivity index (χ0v) is 10.5. The first-order chi connectivity index (χ1) is 7.65. The maximum absolute atomic E-state index is 5.91. The van der Waals surface area contributed by atoms with Crippen molar-refractivity contribution in [3.05, 3.63) is 29.8 Å². The number of para-hydroxylation sites is 1. The van der Waals surface area contributed by atoms with Gasteiger partial charge in [-0.1, -0.05) is 32.0 Å². The Morgan fingerprint density at radius 3 is 2.69 bits per heavy atom. The number of hydrogen-bond donors (Lipinski definition) is 1. The second kappa shape index (κ2) is 4.46. The highest BCUT2D eigenvalue weighted by Gasteiger charge is 2.28. The Labute approximate surface area is 98.4 Å². The fraction of sp³-hybridized carbons (Fsp3) is 0.571. The quantitative estimate of drug-likeness (QED) is 0.785. The molecule has 1 heterocycles. The summed E-state index contributed by atoms with van der Waals surface area (Å²) in [5.74, 6) is 1.28. The highest BCUT2D eigenvalue weighted by atomic mass is 15.2. The van der Waals surface area contributed by atoms with Gasteiger partial charge in [0.05, 0.1) is 0 Å². The zero-order valence-electron chi connectivity index (χ0n) is 10.5. The van der Waals surface area contributed by atoms with Crippen molar-refractivity contribution in [1.29, 1.82) is 0 Å². The predicted molar refractivity (Wildman–Crippen MR) is 69.9 cm³/mol. The van der Waals surface area contributed by atoms with Gasteiger partial charge in [0.2, 0.25) is 0 Å². The van der Waals surface area contributed by atoms with Crippen LogP contribution in [0.15, 0.2) is 24.3 Å². The number of fused-ring (bicyclic) bond motifs is 1. The van der Waals surface area contributed by atoms with Crippen LogP contribution in [0.3, 0.4) is 0 Å². The molecule has 2 rings (SSSR count). The van der Waals surface area contributed by atoms with Gasteiger partial charge in [0.15, 0.2) is 0 Å². The molecule has 0 bridgehead atoms. The number of nitrogens with two attached hydrogens (primary N) is 1. The van der Waals surface area contributed by atoms with E-state index in [0.717, 1.165) is 6.54 Å². The molecule has 0 spiro atoms. The summed E-state index contributed by atoms with van der Waals surface area (Å²) in [6, 6.07) is 9.18. The van der Waals surface area contributed by atoms with Gasteiger partial charge < -0.3 is 10.6 Å². The molecular weight excluding hydrogens is 196 g/mol. The van der Waals surface area contributed by atoms with Crippen molar-refractivity contribution in [3.8, 4) is 0 Å². The summed E-state index contributed by atoms with van der Waals surface area (Å²) >= 11 is 0. The van der Waals surface area contributed by atoms with E-state index in [1.165, 1.54) is 17.7 Å². The molecule has 2 N–H and O–H groups in total. The second-order valence-electron chi connectivity index (χ2n) is 5.09. The summed E-state index contributed by atoms with van der Waals surface area (Å²) in [7, 11) is 2.17. The van der Waals surface area contributed by atoms with Crippen molar-refractivity contribution >= 4 is 5.69 Å². The largest absolute Gasteiger partial charge is 0.370 e. The molecule has 0 radical (unpaired) electrons. The van der Waals surface area contributed by atoms with E-state index in [1.807, 2.05) is 0 Å². The van der Waals surface area contributed by atoms with Crippen molar-refractivity contribution in [1.82, 2.24) is 0 Å². The molecule has 0 saturated heterocycles. The Kier molecular flexibility index (Phi) is 3.20. The Hall–Kier alpha value is -1.02. The van der Waals surface area contributed by atoms with Crippen molar-refractivity contribution in [3.63, 3.8) is 0 Å². The lowest BCUT2D eigenvalue weighted by Crippen LogP contribution is -2.42. The molecule has 1 aliphatic heterocycles. The lowest BCUT2D eigenvalue weighted by molar-refractivity contribution is 0.407. The molecule has 3 atom stereocenters. The average molecular weight is 218 g/mol. The van der Waals surface area contributed by atoms with E-state index in [1.54, 1.807) is 0 Å². The molecule has 1 aliphatic rings. The molecule has 1 unspecified atom stereocenters. The average Bonchev–Trinajstić information content (AvgIpc) is 2.37. The highest BCUT2D eigenvalue weighted by Crippen LogP contribution is 2.37. The number of rotatable bonds is 1. The number of nitrogens with zero attached hydrogens (tertiary/aromatic N) is 1. The van der Waals surface area contributed by atoms with E-state index in [2.05, 4.69) is 50.1 Å². The summed E-state index contributed by atoms with van der Waals surface area (Å²) in [4.78, 5) is 2.36. The first-order valence-corrected chi connectivity index (χ1v) is 6.17. The molecule has 0 aromatic heterocycles. The third-order valence-electron chi connectivity index (χ3n) is 3.97. The van der Waals surface area contributed by atoms with Crippen LogP contribution in [0.5, 0.6) is 0 Å². The molecule has 0 amide bonds. The van der Waals surface area contributed by atoms with Crippen LogP contribution in [0, 0.1) is 5.92 Å². The van der Waals surface area contributed by atoms with E-state index in [0.29, 0.717) is 17.9 Å². The normalized spacial score (nSPS) is 29.8. The molecule has 1 aromatic rings. The lowest BCUT2D eigenvalue weighted by atomic mass is 9.89. The first-order valence-electron chi connectivity index (χ1n) is 6.17. The molecule has 0 fully saturated rings.